The molecule has 1 unspecified atom stereocenters. The topological polar surface area (TPSA) is 22.1 Å². The first-order valence-electron chi connectivity index (χ1n) is 4.52. The second-order valence-electron chi connectivity index (χ2n) is 4.29. The van der Waals surface area contributed by atoms with E-state index in [0.29, 0.717) is 5.88 Å². The van der Waals surface area contributed by atoms with Gasteiger partial charge in [-0.05, 0) is 5.41 Å². The summed E-state index contributed by atoms with van der Waals surface area (Å²) in [5, 5.41) is 3.00. The number of hydrogen-bond acceptors (Lipinski definition) is 3. The molecule has 0 radical (unpaired) electrons. The second kappa shape index (κ2) is 4.60. The van der Waals surface area contributed by atoms with Gasteiger partial charge in [-0.1, -0.05) is 20.8 Å². The summed E-state index contributed by atoms with van der Waals surface area (Å²) in [4.78, 5) is 4.43. The molecule has 1 atom stereocenters. The monoisotopic (exact) mass is 233 g/mol. The quantitative estimate of drug-likeness (QED) is 0.744. The van der Waals surface area contributed by atoms with Crippen molar-refractivity contribution in [2.24, 2.45) is 5.41 Å². The minimum Gasteiger partial charge on any atom is -0.374 e. The van der Waals surface area contributed by atoms with Crippen LogP contribution in [-0.2, 0) is 10.6 Å². The number of thiazole rings is 1. The molecule has 1 aromatic rings. The normalized spacial score (nSPS) is 14.4. The maximum atomic E-state index is 5.71. The van der Waals surface area contributed by atoms with Crippen molar-refractivity contribution >= 4 is 22.9 Å². The van der Waals surface area contributed by atoms with Crippen molar-refractivity contribution in [1.29, 1.82) is 0 Å². The number of halogens is 1. The lowest BCUT2D eigenvalue weighted by Gasteiger charge is -2.27. The highest BCUT2D eigenvalue weighted by Gasteiger charge is 2.28. The fourth-order valence-electron chi connectivity index (χ4n) is 1.33. The van der Waals surface area contributed by atoms with Gasteiger partial charge in [-0.3, -0.25) is 0 Å². The molecule has 14 heavy (non-hydrogen) atoms. The van der Waals surface area contributed by atoms with Crippen molar-refractivity contribution in [2.75, 3.05) is 7.11 Å². The second-order valence-corrected chi connectivity index (χ2v) is 5.45. The highest BCUT2D eigenvalue weighted by molar-refractivity contribution is 7.09. The minimum absolute atomic E-state index is 0.0458. The van der Waals surface area contributed by atoms with Crippen LogP contribution in [0.15, 0.2) is 5.38 Å². The van der Waals surface area contributed by atoms with Gasteiger partial charge in [-0.15, -0.1) is 22.9 Å². The largest absolute Gasteiger partial charge is 0.374 e. The Morgan fingerprint density at radius 2 is 2.21 bits per heavy atom. The molecule has 0 aromatic carbocycles. The zero-order valence-corrected chi connectivity index (χ0v) is 10.6. The molecule has 2 nitrogen and oxygen atoms in total. The zero-order valence-electron chi connectivity index (χ0n) is 9.00. The third-order valence-electron chi connectivity index (χ3n) is 1.95. The van der Waals surface area contributed by atoms with E-state index in [-0.39, 0.29) is 11.5 Å². The van der Waals surface area contributed by atoms with Gasteiger partial charge in [-0.2, -0.15) is 0 Å². The number of nitrogens with zero attached hydrogens (tertiary/aromatic N) is 1. The van der Waals surface area contributed by atoms with E-state index in [1.54, 1.807) is 18.4 Å². The Bertz CT molecular complexity index is 293. The van der Waals surface area contributed by atoms with E-state index in [2.05, 4.69) is 25.8 Å². The lowest BCUT2D eigenvalue weighted by molar-refractivity contribution is 0.0150. The van der Waals surface area contributed by atoms with Gasteiger partial charge in [-0.25, -0.2) is 4.98 Å². The summed E-state index contributed by atoms with van der Waals surface area (Å²) in [6.07, 6.45) is 0.0458. The van der Waals surface area contributed by atoms with E-state index in [1.165, 1.54) is 0 Å². The van der Waals surface area contributed by atoms with E-state index < -0.39 is 0 Å². The molecule has 80 valence electrons. The molecule has 1 aromatic heterocycles. The van der Waals surface area contributed by atoms with Gasteiger partial charge in [0.25, 0.3) is 0 Å². The van der Waals surface area contributed by atoms with Crippen molar-refractivity contribution in [3.05, 3.63) is 16.1 Å². The first kappa shape index (κ1) is 12.0. The van der Waals surface area contributed by atoms with Crippen LogP contribution in [0.5, 0.6) is 0 Å². The van der Waals surface area contributed by atoms with Gasteiger partial charge in [0.1, 0.15) is 11.1 Å². The summed E-state index contributed by atoms with van der Waals surface area (Å²) >= 11 is 7.32. The lowest BCUT2D eigenvalue weighted by atomic mass is 9.89. The number of aromatic nitrogens is 1. The smallest absolute Gasteiger partial charge is 0.122 e. The predicted molar refractivity (Wildman–Crippen MR) is 60.9 cm³/mol. The maximum Gasteiger partial charge on any atom is 0.122 e. The molecule has 0 spiro atoms. The highest BCUT2D eigenvalue weighted by atomic mass is 35.5. The Balaban J connectivity index is 2.90. The number of methoxy groups -OCH3 is 1. The fourth-order valence-corrected chi connectivity index (χ4v) is 2.69. The molecular weight excluding hydrogens is 218 g/mol. The van der Waals surface area contributed by atoms with Crippen LogP contribution in [0.2, 0.25) is 0 Å². The van der Waals surface area contributed by atoms with Gasteiger partial charge in [0.15, 0.2) is 0 Å². The van der Waals surface area contributed by atoms with Gasteiger partial charge >= 0.3 is 0 Å². The van der Waals surface area contributed by atoms with Crippen LogP contribution in [-0.4, -0.2) is 12.1 Å². The van der Waals surface area contributed by atoms with Crippen LogP contribution >= 0.6 is 22.9 Å². The zero-order chi connectivity index (χ0) is 10.8. The standard InChI is InChI=1S/C10H16ClNOS/c1-10(2,3)8(13-4)9-12-7(5-11)6-14-9/h6,8H,5H2,1-4H3. The molecule has 0 aliphatic heterocycles. The molecule has 0 aliphatic carbocycles. The van der Waals surface area contributed by atoms with E-state index in [0.717, 1.165) is 10.7 Å². The average Bonchev–Trinajstić information content (AvgIpc) is 2.51. The third-order valence-corrected chi connectivity index (χ3v) is 3.16. The first-order valence-corrected chi connectivity index (χ1v) is 5.93. The summed E-state index contributed by atoms with van der Waals surface area (Å²) in [7, 11) is 1.72. The summed E-state index contributed by atoms with van der Waals surface area (Å²) in [6.45, 7) is 6.43. The molecule has 1 heterocycles. The molecule has 0 amide bonds. The highest BCUT2D eigenvalue weighted by Crippen LogP contribution is 2.36. The Labute approximate surface area is 94.3 Å². The molecule has 0 saturated heterocycles. The van der Waals surface area contributed by atoms with Crippen LogP contribution in [0, 0.1) is 5.41 Å². The number of alkyl halides is 1. The molecule has 0 saturated carbocycles. The number of hydrogen-bond donors (Lipinski definition) is 0. The van der Waals surface area contributed by atoms with E-state index in [1.807, 2.05) is 5.38 Å². The molecular formula is C10H16ClNOS. The van der Waals surface area contributed by atoms with Crippen LogP contribution in [0.25, 0.3) is 0 Å². The van der Waals surface area contributed by atoms with E-state index >= 15 is 0 Å². The first-order chi connectivity index (χ1) is 6.49. The number of ether oxygens (including phenoxy) is 1. The molecule has 0 N–H and O–H groups in total. The Kier molecular flexibility index (Phi) is 3.93. The Hall–Kier alpha value is -0.120. The van der Waals surface area contributed by atoms with Gasteiger partial charge in [0, 0.05) is 12.5 Å². The van der Waals surface area contributed by atoms with Crippen molar-refractivity contribution in [3.8, 4) is 0 Å². The maximum absolute atomic E-state index is 5.71. The average molecular weight is 234 g/mol. The van der Waals surface area contributed by atoms with Crippen LogP contribution in [0.1, 0.15) is 37.6 Å². The summed E-state index contributed by atoms with van der Waals surface area (Å²) in [6, 6.07) is 0. The van der Waals surface area contributed by atoms with Gasteiger partial charge < -0.3 is 4.74 Å². The molecule has 1 rings (SSSR count). The van der Waals surface area contributed by atoms with Gasteiger partial charge in [0.2, 0.25) is 0 Å². The van der Waals surface area contributed by atoms with Crippen LogP contribution in [0.3, 0.4) is 0 Å². The molecule has 0 aliphatic rings. The van der Waals surface area contributed by atoms with E-state index in [9.17, 15) is 0 Å². The predicted octanol–water partition coefficient (Wildman–Crippen LogP) is 3.62. The Morgan fingerprint density at radius 1 is 1.57 bits per heavy atom. The summed E-state index contributed by atoms with van der Waals surface area (Å²) in [5.41, 5.74) is 0.994. The summed E-state index contributed by atoms with van der Waals surface area (Å²) < 4.78 is 5.46. The van der Waals surface area contributed by atoms with E-state index in [4.69, 9.17) is 16.3 Å². The lowest BCUT2D eigenvalue weighted by Crippen LogP contribution is -2.19. The Morgan fingerprint density at radius 3 is 2.57 bits per heavy atom. The van der Waals surface area contributed by atoms with Crippen molar-refractivity contribution in [1.82, 2.24) is 4.98 Å². The minimum atomic E-state index is 0.0458. The molecule has 0 fully saturated rings. The van der Waals surface area contributed by atoms with Gasteiger partial charge in [0.05, 0.1) is 11.6 Å². The van der Waals surface area contributed by atoms with Crippen molar-refractivity contribution in [2.45, 2.75) is 32.8 Å². The molecule has 4 heteroatoms. The fraction of sp³-hybridized carbons (Fsp3) is 0.700. The van der Waals surface area contributed by atoms with Crippen molar-refractivity contribution in [3.63, 3.8) is 0 Å². The SMILES string of the molecule is COC(c1nc(CCl)cs1)C(C)(C)C. The summed E-state index contributed by atoms with van der Waals surface area (Å²) in [5.74, 6) is 0.469. The van der Waals surface area contributed by atoms with Crippen molar-refractivity contribution < 1.29 is 4.74 Å². The number of rotatable bonds is 3. The molecule has 0 bridgehead atoms. The van der Waals surface area contributed by atoms with Crippen LogP contribution in [0.4, 0.5) is 0 Å². The van der Waals surface area contributed by atoms with Crippen LogP contribution < -0.4 is 0 Å². The third kappa shape index (κ3) is 2.69.